The van der Waals surface area contributed by atoms with E-state index in [-0.39, 0.29) is 28.2 Å². The van der Waals surface area contributed by atoms with Gasteiger partial charge >= 0.3 is 6.18 Å². The van der Waals surface area contributed by atoms with Crippen LogP contribution in [0.5, 0.6) is 0 Å². The molecular formula is C18H14ClF4N5O2. The minimum absolute atomic E-state index is 0.0589. The van der Waals surface area contributed by atoms with Gasteiger partial charge in [0, 0.05) is 22.5 Å². The molecule has 0 aliphatic carbocycles. The summed E-state index contributed by atoms with van der Waals surface area (Å²) < 4.78 is 57.7. The predicted molar refractivity (Wildman–Crippen MR) is 101 cm³/mol. The van der Waals surface area contributed by atoms with Crippen LogP contribution >= 0.6 is 11.6 Å². The quantitative estimate of drug-likeness (QED) is 0.303. The number of anilines is 1. The van der Waals surface area contributed by atoms with Gasteiger partial charge in [-0.25, -0.2) is 4.39 Å². The van der Waals surface area contributed by atoms with Crippen molar-refractivity contribution in [3.63, 3.8) is 0 Å². The number of hydrogen-bond acceptors (Lipinski definition) is 4. The number of carbonyl (C=O) groups excluding carboxylic acids is 1. The summed E-state index contributed by atoms with van der Waals surface area (Å²) in [5, 5.41) is 11.4. The SMILES string of the molecule is Cc1cc(N=C(NC(=O)c2cc(C)oc2C(F)(F)F)Nc2cc(F)cc(Cl)c2)n[nH]1. The van der Waals surface area contributed by atoms with Gasteiger partial charge in [-0.1, -0.05) is 11.6 Å². The van der Waals surface area contributed by atoms with E-state index >= 15 is 0 Å². The van der Waals surface area contributed by atoms with Crippen LogP contribution in [0, 0.1) is 19.7 Å². The van der Waals surface area contributed by atoms with Gasteiger partial charge in [0.15, 0.2) is 5.82 Å². The molecule has 0 spiro atoms. The zero-order valence-corrected chi connectivity index (χ0v) is 16.2. The maximum atomic E-state index is 13.6. The van der Waals surface area contributed by atoms with E-state index in [0.29, 0.717) is 5.69 Å². The predicted octanol–water partition coefficient (Wildman–Crippen LogP) is 4.96. The average Bonchev–Trinajstić information content (AvgIpc) is 3.19. The molecule has 30 heavy (non-hydrogen) atoms. The van der Waals surface area contributed by atoms with Crippen LogP contribution in [0.25, 0.3) is 0 Å². The molecule has 3 rings (SSSR count). The number of aliphatic imine (C=N–C) groups is 1. The standard InChI is InChI=1S/C18H14ClF4N5O2/c1-8-3-14(28-27-8)25-17(24-12-6-10(19)5-11(20)7-12)26-16(29)13-4-9(2)30-15(13)18(21,22)23/h3-7H,1-2H3,(H3,24,25,26,27,28,29). The van der Waals surface area contributed by atoms with Gasteiger partial charge in [-0.2, -0.15) is 23.3 Å². The first-order valence-electron chi connectivity index (χ1n) is 8.34. The van der Waals surface area contributed by atoms with E-state index in [4.69, 9.17) is 11.6 Å². The molecule has 0 saturated carbocycles. The van der Waals surface area contributed by atoms with Crippen molar-refractivity contribution in [3.8, 4) is 0 Å². The first kappa shape index (κ1) is 21.4. The van der Waals surface area contributed by atoms with E-state index in [1.165, 1.54) is 19.1 Å². The number of amides is 1. The van der Waals surface area contributed by atoms with Crippen molar-refractivity contribution in [1.82, 2.24) is 15.5 Å². The number of nitrogens with one attached hydrogen (secondary N) is 3. The highest BCUT2D eigenvalue weighted by molar-refractivity contribution is 6.31. The van der Waals surface area contributed by atoms with E-state index in [2.05, 4.69) is 30.2 Å². The summed E-state index contributed by atoms with van der Waals surface area (Å²) in [5.74, 6) is -3.53. The van der Waals surface area contributed by atoms with E-state index in [0.717, 1.165) is 18.2 Å². The largest absolute Gasteiger partial charge is 0.456 e. The lowest BCUT2D eigenvalue weighted by molar-refractivity contribution is -0.153. The summed E-state index contributed by atoms with van der Waals surface area (Å²) in [4.78, 5) is 16.6. The minimum atomic E-state index is -4.87. The third-order valence-corrected chi connectivity index (χ3v) is 3.85. The number of aryl methyl sites for hydroxylation is 2. The molecule has 0 unspecified atom stereocenters. The van der Waals surface area contributed by atoms with Crippen molar-refractivity contribution in [2.75, 3.05) is 5.32 Å². The highest BCUT2D eigenvalue weighted by Gasteiger charge is 2.40. The Morgan fingerprint density at radius 1 is 1.20 bits per heavy atom. The molecule has 0 aliphatic rings. The zero-order chi connectivity index (χ0) is 22.1. The Balaban J connectivity index is 1.95. The maximum absolute atomic E-state index is 13.6. The molecule has 3 aromatic rings. The monoisotopic (exact) mass is 443 g/mol. The molecule has 0 aliphatic heterocycles. The van der Waals surface area contributed by atoms with Gasteiger partial charge in [0.2, 0.25) is 11.7 Å². The van der Waals surface area contributed by atoms with Gasteiger partial charge in [-0.3, -0.25) is 15.2 Å². The third kappa shape index (κ3) is 5.17. The molecule has 0 fully saturated rings. The van der Waals surface area contributed by atoms with E-state index < -0.39 is 29.2 Å². The van der Waals surface area contributed by atoms with Gasteiger partial charge < -0.3 is 9.73 Å². The number of rotatable bonds is 3. The van der Waals surface area contributed by atoms with Crippen LogP contribution in [0.15, 0.2) is 39.7 Å². The number of aromatic nitrogens is 2. The Labute approximate surface area is 172 Å². The number of benzene rings is 1. The number of H-pyrrole nitrogens is 1. The summed E-state index contributed by atoms with van der Waals surface area (Å²) in [5.41, 5.74) is 0.0220. The van der Waals surface area contributed by atoms with Gasteiger partial charge in [-0.05, 0) is 38.1 Å². The summed E-state index contributed by atoms with van der Waals surface area (Å²) in [6.45, 7) is 2.98. The van der Waals surface area contributed by atoms with Crippen molar-refractivity contribution < 1.29 is 26.8 Å². The Hall–Kier alpha value is -3.34. The Morgan fingerprint density at radius 2 is 1.93 bits per heavy atom. The Kier molecular flexibility index (Phi) is 5.83. The number of furan rings is 1. The summed E-state index contributed by atoms with van der Waals surface area (Å²) >= 11 is 5.81. The van der Waals surface area contributed by atoms with Crippen LogP contribution in [0.4, 0.5) is 29.1 Å². The summed E-state index contributed by atoms with van der Waals surface area (Å²) in [6, 6.07) is 5.93. The first-order chi connectivity index (χ1) is 14.0. The number of aromatic amines is 1. The van der Waals surface area contributed by atoms with E-state index in [1.54, 1.807) is 6.92 Å². The Bertz CT molecular complexity index is 1100. The zero-order valence-electron chi connectivity index (χ0n) is 15.5. The number of nitrogens with zero attached hydrogens (tertiary/aromatic N) is 2. The summed E-state index contributed by atoms with van der Waals surface area (Å²) in [7, 11) is 0. The third-order valence-electron chi connectivity index (χ3n) is 3.63. The highest BCUT2D eigenvalue weighted by Crippen LogP contribution is 2.34. The summed E-state index contributed by atoms with van der Waals surface area (Å²) in [6.07, 6.45) is -4.87. The topological polar surface area (TPSA) is 95.3 Å². The van der Waals surface area contributed by atoms with Crippen molar-refractivity contribution in [1.29, 1.82) is 0 Å². The molecule has 1 aromatic carbocycles. The molecule has 12 heteroatoms. The fourth-order valence-electron chi connectivity index (χ4n) is 2.49. The van der Waals surface area contributed by atoms with Gasteiger partial charge in [0.1, 0.15) is 11.6 Å². The van der Waals surface area contributed by atoms with Gasteiger partial charge in [0.25, 0.3) is 5.91 Å². The fourth-order valence-corrected chi connectivity index (χ4v) is 2.72. The normalized spacial score (nSPS) is 12.2. The second kappa shape index (κ2) is 8.19. The molecule has 1 amide bonds. The van der Waals surface area contributed by atoms with Crippen LogP contribution < -0.4 is 10.6 Å². The van der Waals surface area contributed by atoms with Gasteiger partial charge in [0.05, 0.1) is 5.56 Å². The smallest absolute Gasteiger partial charge is 0.450 e. The first-order valence-corrected chi connectivity index (χ1v) is 8.72. The molecule has 0 saturated heterocycles. The lowest BCUT2D eigenvalue weighted by Gasteiger charge is -2.12. The molecular weight excluding hydrogens is 430 g/mol. The lowest BCUT2D eigenvalue weighted by atomic mass is 10.2. The van der Waals surface area contributed by atoms with Crippen LogP contribution in [0.3, 0.4) is 0 Å². The fraction of sp³-hybridized carbons (Fsp3) is 0.167. The Morgan fingerprint density at radius 3 is 2.53 bits per heavy atom. The van der Waals surface area contributed by atoms with Crippen LogP contribution in [-0.4, -0.2) is 22.1 Å². The van der Waals surface area contributed by atoms with Crippen LogP contribution in [-0.2, 0) is 6.18 Å². The second-order valence-electron chi connectivity index (χ2n) is 6.20. The number of alkyl halides is 3. The maximum Gasteiger partial charge on any atom is 0.450 e. The number of guanidine groups is 1. The molecule has 158 valence electrons. The lowest BCUT2D eigenvalue weighted by Crippen LogP contribution is -2.36. The van der Waals surface area contributed by atoms with Crippen molar-refractivity contribution >= 4 is 35.0 Å². The molecule has 0 bridgehead atoms. The molecule has 7 nitrogen and oxygen atoms in total. The number of hydrogen-bond donors (Lipinski definition) is 3. The van der Waals surface area contributed by atoms with E-state index in [1.807, 2.05) is 0 Å². The average molecular weight is 444 g/mol. The molecule has 3 N–H and O–H groups in total. The molecule has 2 aromatic heterocycles. The van der Waals surface area contributed by atoms with Crippen LogP contribution in [0.2, 0.25) is 5.02 Å². The van der Waals surface area contributed by atoms with Crippen LogP contribution in [0.1, 0.15) is 27.6 Å². The van der Waals surface area contributed by atoms with Crippen molar-refractivity contribution in [2.24, 2.45) is 4.99 Å². The van der Waals surface area contributed by atoms with E-state index in [9.17, 15) is 22.4 Å². The second-order valence-corrected chi connectivity index (χ2v) is 6.64. The molecule has 2 heterocycles. The molecule has 0 radical (unpaired) electrons. The van der Waals surface area contributed by atoms with Crippen molar-refractivity contribution in [3.05, 3.63) is 63.9 Å². The number of halogens is 5. The highest BCUT2D eigenvalue weighted by atomic mass is 35.5. The molecule has 0 atom stereocenters. The van der Waals surface area contributed by atoms with Gasteiger partial charge in [-0.15, -0.1) is 0 Å². The van der Waals surface area contributed by atoms with Crippen molar-refractivity contribution in [2.45, 2.75) is 20.0 Å². The minimum Gasteiger partial charge on any atom is -0.456 e. The number of carbonyl (C=O) groups is 1.